The number of aliphatic hydroxyl groups is 1. The minimum absolute atomic E-state index is 0.00336. The molecular formula is C11H10BrF3O3. The second-order valence-electron chi connectivity index (χ2n) is 3.47. The Labute approximate surface area is 110 Å². The first-order valence-electron chi connectivity index (χ1n) is 4.93. The zero-order valence-corrected chi connectivity index (χ0v) is 10.9. The molecule has 1 N–H and O–H groups in total. The van der Waals surface area contributed by atoms with Crippen LogP contribution in [-0.2, 0) is 6.61 Å². The van der Waals surface area contributed by atoms with Gasteiger partial charge in [0.25, 0.3) is 0 Å². The van der Waals surface area contributed by atoms with E-state index >= 15 is 0 Å². The van der Waals surface area contributed by atoms with Gasteiger partial charge in [0, 0.05) is 11.1 Å². The van der Waals surface area contributed by atoms with Crippen molar-refractivity contribution in [2.45, 2.75) is 24.7 Å². The van der Waals surface area contributed by atoms with Crippen LogP contribution in [0.5, 0.6) is 5.75 Å². The van der Waals surface area contributed by atoms with E-state index in [1.807, 2.05) is 0 Å². The number of hydrogen-bond acceptors (Lipinski definition) is 3. The second-order valence-corrected chi connectivity index (χ2v) is 4.84. The molecule has 100 valence electrons. The van der Waals surface area contributed by atoms with E-state index in [4.69, 9.17) is 5.11 Å². The molecule has 1 rings (SSSR count). The van der Waals surface area contributed by atoms with Gasteiger partial charge in [-0.05, 0) is 13.0 Å². The fourth-order valence-corrected chi connectivity index (χ4v) is 1.64. The third-order valence-corrected chi connectivity index (χ3v) is 2.56. The van der Waals surface area contributed by atoms with Gasteiger partial charge in [-0.3, -0.25) is 4.79 Å². The zero-order valence-electron chi connectivity index (χ0n) is 9.29. The zero-order chi connectivity index (χ0) is 13.9. The van der Waals surface area contributed by atoms with Gasteiger partial charge in [0.1, 0.15) is 5.75 Å². The number of halogens is 4. The van der Waals surface area contributed by atoms with Crippen molar-refractivity contribution in [2.24, 2.45) is 0 Å². The van der Waals surface area contributed by atoms with E-state index in [0.717, 1.165) is 6.07 Å². The van der Waals surface area contributed by atoms with Gasteiger partial charge < -0.3 is 9.84 Å². The van der Waals surface area contributed by atoms with Crippen molar-refractivity contribution in [3.8, 4) is 5.75 Å². The largest absolute Gasteiger partial charge is 0.573 e. The average Bonchev–Trinajstić information content (AvgIpc) is 2.25. The van der Waals surface area contributed by atoms with Crippen LogP contribution in [0.1, 0.15) is 22.8 Å². The Balaban J connectivity index is 3.22. The SMILES string of the molecule is CC(Br)C(=O)c1cccc(OC(F)(F)F)c1CO. The summed E-state index contributed by atoms with van der Waals surface area (Å²) in [5.41, 5.74) is -0.172. The molecule has 1 unspecified atom stereocenters. The molecule has 0 aromatic heterocycles. The molecule has 0 amide bonds. The first-order chi connectivity index (χ1) is 8.26. The molecule has 0 spiro atoms. The number of ketones is 1. The lowest BCUT2D eigenvalue weighted by Gasteiger charge is -2.15. The minimum Gasteiger partial charge on any atom is -0.405 e. The molecule has 0 radical (unpaired) electrons. The predicted molar refractivity (Wildman–Crippen MR) is 61.8 cm³/mol. The summed E-state index contributed by atoms with van der Waals surface area (Å²) in [4.78, 5) is 11.2. The first-order valence-corrected chi connectivity index (χ1v) is 5.84. The standard InChI is InChI=1S/C11H10BrF3O3/c1-6(12)10(17)7-3-2-4-9(8(7)5-16)18-11(13,14)15/h2-4,6,16H,5H2,1H3. The van der Waals surface area contributed by atoms with Crippen molar-refractivity contribution in [3.05, 3.63) is 29.3 Å². The predicted octanol–water partition coefficient (Wildman–Crippen LogP) is 3.04. The van der Waals surface area contributed by atoms with Crippen molar-refractivity contribution in [1.82, 2.24) is 0 Å². The van der Waals surface area contributed by atoms with E-state index in [0.29, 0.717) is 0 Å². The normalized spacial score (nSPS) is 13.2. The monoisotopic (exact) mass is 326 g/mol. The summed E-state index contributed by atoms with van der Waals surface area (Å²) in [7, 11) is 0. The highest BCUT2D eigenvalue weighted by Crippen LogP contribution is 2.29. The van der Waals surface area contributed by atoms with Gasteiger partial charge in [0.15, 0.2) is 5.78 Å². The summed E-state index contributed by atoms with van der Waals surface area (Å²) in [5.74, 6) is -0.990. The number of carbonyl (C=O) groups excluding carboxylic acids is 1. The fraction of sp³-hybridized carbons (Fsp3) is 0.364. The molecule has 0 aliphatic rings. The average molecular weight is 327 g/mol. The third-order valence-electron chi connectivity index (χ3n) is 2.14. The molecule has 0 aliphatic heterocycles. The summed E-state index contributed by atoms with van der Waals surface area (Å²) in [6, 6.07) is 3.66. The van der Waals surface area contributed by atoms with Crippen LogP contribution in [-0.4, -0.2) is 22.1 Å². The lowest BCUT2D eigenvalue weighted by atomic mass is 10.0. The van der Waals surface area contributed by atoms with Gasteiger partial charge in [0.2, 0.25) is 0 Å². The minimum atomic E-state index is -4.87. The number of alkyl halides is 4. The summed E-state index contributed by atoms with van der Waals surface area (Å²) in [6.45, 7) is 0.827. The third kappa shape index (κ3) is 3.71. The van der Waals surface area contributed by atoms with Crippen molar-refractivity contribution < 1.29 is 27.8 Å². The first kappa shape index (κ1) is 15.0. The van der Waals surface area contributed by atoms with Crippen molar-refractivity contribution >= 4 is 21.7 Å². The number of aliphatic hydroxyl groups excluding tert-OH is 1. The Bertz CT molecular complexity index is 444. The van der Waals surface area contributed by atoms with Gasteiger partial charge in [-0.15, -0.1) is 13.2 Å². The van der Waals surface area contributed by atoms with Crippen LogP contribution in [0.4, 0.5) is 13.2 Å². The van der Waals surface area contributed by atoms with Crippen molar-refractivity contribution in [2.75, 3.05) is 0 Å². The summed E-state index contributed by atoms with van der Waals surface area (Å²) in [5, 5.41) is 9.11. The number of rotatable bonds is 4. The highest BCUT2D eigenvalue weighted by Gasteiger charge is 2.33. The Morgan fingerprint density at radius 1 is 1.50 bits per heavy atom. The quantitative estimate of drug-likeness (QED) is 0.683. The molecule has 0 fully saturated rings. The van der Waals surface area contributed by atoms with Gasteiger partial charge >= 0.3 is 6.36 Å². The van der Waals surface area contributed by atoms with Crippen LogP contribution >= 0.6 is 15.9 Å². The van der Waals surface area contributed by atoms with E-state index in [-0.39, 0.29) is 11.1 Å². The number of ether oxygens (including phenoxy) is 1. The second kappa shape index (κ2) is 5.71. The smallest absolute Gasteiger partial charge is 0.405 e. The molecule has 0 bridgehead atoms. The van der Waals surface area contributed by atoms with Gasteiger partial charge in [-0.2, -0.15) is 0 Å². The molecule has 0 saturated heterocycles. The number of Topliss-reactive ketones (excluding diaryl/α,β-unsaturated/α-hetero) is 1. The molecule has 0 heterocycles. The molecule has 1 aromatic rings. The molecule has 18 heavy (non-hydrogen) atoms. The van der Waals surface area contributed by atoms with Gasteiger partial charge in [-0.25, -0.2) is 0 Å². The van der Waals surface area contributed by atoms with Crippen LogP contribution in [0.15, 0.2) is 18.2 Å². The van der Waals surface area contributed by atoms with Crippen LogP contribution in [0.25, 0.3) is 0 Å². The van der Waals surface area contributed by atoms with Gasteiger partial charge in [-0.1, -0.05) is 28.1 Å². The lowest BCUT2D eigenvalue weighted by Crippen LogP contribution is -2.20. The van der Waals surface area contributed by atoms with Gasteiger partial charge in [0.05, 0.1) is 11.4 Å². The Kier molecular flexibility index (Phi) is 4.75. The van der Waals surface area contributed by atoms with E-state index in [9.17, 15) is 18.0 Å². The molecule has 0 saturated carbocycles. The van der Waals surface area contributed by atoms with Crippen LogP contribution in [0.3, 0.4) is 0 Å². The summed E-state index contributed by atoms with van der Waals surface area (Å²) in [6.07, 6.45) is -4.87. The lowest BCUT2D eigenvalue weighted by molar-refractivity contribution is -0.275. The molecule has 1 aromatic carbocycles. The molecular weight excluding hydrogens is 317 g/mol. The maximum Gasteiger partial charge on any atom is 0.573 e. The van der Waals surface area contributed by atoms with E-state index < -0.39 is 29.3 Å². The van der Waals surface area contributed by atoms with Crippen molar-refractivity contribution in [3.63, 3.8) is 0 Å². The van der Waals surface area contributed by atoms with E-state index in [1.54, 1.807) is 6.92 Å². The number of carbonyl (C=O) groups is 1. The number of benzene rings is 1. The Hall–Kier alpha value is -1.08. The molecule has 7 heteroatoms. The molecule has 0 aliphatic carbocycles. The highest BCUT2D eigenvalue weighted by molar-refractivity contribution is 9.10. The van der Waals surface area contributed by atoms with E-state index in [2.05, 4.69) is 20.7 Å². The highest BCUT2D eigenvalue weighted by atomic mass is 79.9. The number of hydrogen-bond donors (Lipinski definition) is 1. The maximum atomic E-state index is 12.2. The summed E-state index contributed by atoms with van der Waals surface area (Å²) < 4.78 is 40.2. The van der Waals surface area contributed by atoms with Crippen LogP contribution in [0, 0.1) is 0 Å². The summed E-state index contributed by atoms with van der Waals surface area (Å²) >= 11 is 3.03. The Morgan fingerprint density at radius 3 is 2.56 bits per heavy atom. The van der Waals surface area contributed by atoms with Crippen LogP contribution < -0.4 is 4.74 Å². The maximum absolute atomic E-state index is 12.2. The molecule has 3 nitrogen and oxygen atoms in total. The topological polar surface area (TPSA) is 46.5 Å². The Morgan fingerprint density at radius 2 is 2.11 bits per heavy atom. The van der Waals surface area contributed by atoms with Crippen molar-refractivity contribution in [1.29, 1.82) is 0 Å². The van der Waals surface area contributed by atoms with E-state index in [1.165, 1.54) is 12.1 Å². The molecule has 1 atom stereocenters. The fourth-order valence-electron chi connectivity index (χ4n) is 1.39. The van der Waals surface area contributed by atoms with Crippen LogP contribution in [0.2, 0.25) is 0 Å².